The number of aryl methyl sites for hydroxylation is 1. The van der Waals surface area contributed by atoms with Crippen LogP contribution in [0, 0.1) is 0 Å². The zero-order valence-corrected chi connectivity index (χ0v) is 13.8. The van der Waals surface area contributed by atoms with E-state index >= 15 is 0 Å². The van der Waals surface area contributed by atoms with Crippen molar-refractivity contribution in [1.29, 1.82) is 0 Å². The van der Waals surface area contributed by atoms with Crippen molar-refractivity contribution >= 4 is 8.32 Å². The molecule has 1 aliphatic heterocycles. The van der Waals surface area contributed by atoms with Crippen LogP contribution in [0.3, 0.4) is 0 Å². The molecule has 0 spiro atoms. The summed E-state index contributed by atoms with van der Waals surface area (Å²) < 4.78 is 12.3. The van der Waals surface area contributed by atoms with Crippen LogP contribution in [-0.2, 0) is 10.8 Å². The predicted octanol–water partition coefficient (Wildman–Crippen LogP) is 4.40. The van der Waals surface area contributed by atoms with E-state index in [1.807, 2.05) is 6.07 Å². The predicted molar refractivity (Wildman–Crippen MR) is 82.3 cm³/mol. The van der Waals surface area contributed by atoms with E-state index in [1.54, 1.807) is 0 Å². The molecule has 1 aliphatic rings. The monoisotopic (exact) mass is 278 g/mol. The molecule has 1 unspecified atom stereocenters. The second-order valence-electron chi connectivity index (χ2n) is 6.96. The van der Waals surface area contributed by atoms with Gasteiger partial charge in [-0.1, -0.05) is 39.0 Å². The van der Waals surface area contributed by atoms with E-state index in [2.05, 4.69) is 52.1 Å². The highest BCUT2D eigenvalue weighted by Gasteiger charge is 2.38. The Morgan fingerprint density at radius 2 is 1.95 bits per heavy atom. The summed E-state index contributed by atoms with van der Waals surface area (Å²) in [6.45, 7) is 12.1. The van der Waals surface area contributed by atoms with Crippen molar-refractivity contribution in [3.8, 4) is 5.75 Å². The van der Waals surface area contributed by atoms with Gasteiger partial charge in [-0.3, -0.25) is 0 Å². The summed E-state index contributed by atoms with van der Waals surface area (Å²) in [5.41, 5.74) is 1.33. The van der Waals surface area contributed by atoms with Crippen molar-refractivity contribution in [3.05, 3.63) is 29.8 Å². The molecule has 0 amide bonds. The Morgan fingerprint density at radius 3 is 2.63 bits per heavy atom. The van der Waals surface area contributed by atoms with Crippen LogP contribution in [0.25, 0.3) is 0 Å². The van der Waals surface area contributed by atoms with Crippen LogP contribution in [0.1, 0.15) is 32.8 Å². The zero-order valence-electron chi connectivity index (χ0n) is 12.8. The fourth-order valence-corrected chi connectivity index (χ4v) is 3.05. The lowest BCUT2D eigenvalue weighted by molar-refractivity contribution is 0.102. The third-order valence-electron chi connectivity index (χ3n) is 4.44. The Morgan fingerprint density at radius 1 is 1.26 bits per heavy atom. The normalized spacial score (nSPS) is 19.7. The Balaban J connectivity index is 1.93. The van der Waals surface area contributed by atoms with E-state index in [4.69, 9.17) is 9.16 Å². The van der Waals surface area contributed by atoms with Gasteiger partial charge in [-0.2, -0.15) is 0 Å². The van der Waals surface area contributed by atoms with Gasteiger partial charge in [0.1, 0.15) is 11.9 Å². The van der Waals surface area contributed by atoms with E-state index in [0.717, 1.165) is 25.2 Å². The van der Waals surface area contributed by atoms with Crippen molar-refractivity contribution in [2.45, 2.75) is 57.8 Å². The fourth-order valence-electron chi connectivity index (χ4n) is 2.02. The van der Waals surface area contributed by atoms with Crippen molar-refractivity contribution in [2.24, 2.45) is 0 Å². The van der Waals surface area contributed by atoms with E-state index in [9.17, 15) is 0 Å². The van der Waals surface area contributed by atoms with E-state index in [0.29, 0.717) is 0 Å². The molecule has 0 bridgehead atoms. The van der Waals surface area contributed by atoms with Crippen LogP contribution in [0.15, 0.2) is 24.3 Å². The van der Waals surface area contributed by atoms with Gasteiger partial charge in [0.05, 0.1) is 6.61 Å². The topological polar surface area (TPSA) is 18.5 Å². The number of ether oxygens (including phenoxy) is 1. The summed E-state index contributed by atoms with van der Waals surface area (Å²) in [5.74, 6) is 1.04. The Bertz CT molecular complexity index is 435. The van der Waals surface area contributed by atoms with Crippen LogP contribution in [0.5, 0.6) is 5.75 Å². The number of benzene rings is 1. The van der Waals surface area contributed by atoms with Crippen LogP contribution in [0.2, 0.25) is 18.1 Å². The molecular weight excluding hydrogens is 252 g/mol. The summed E-state index contributed by atoms with van der Waals surface area (Å²) in [4.78, 5) is 0. The molecule has 2 rings (SSSR count). The largest absolute Gasteiger partial charge is 0.488 e. The molecule has 106 valence electrons. The maximum Gasteiger partial charge on any atom is 0.192 e. The van der Waals surface area contributed by atoms with Crippen LogP contribution < -0.4 is 4.74 Å². The quantitative estimate of drug-likeness (QED) is 0.763. The molecule has 3 heteroatoms. The maximum atomic E-state index is 6.26. The van der Waals surface area contributed by atoms with E-state index in [1.165, 1.54) is 5.56 Å². The van der Waals surface area contributed by atoms with Gasteiger partial charge < -0.3 is 9.16 Å². The molecule has 1 heterocycles. The first kappa shape index (κ1) is 14.6. The molecule has 0 radical (unpaired) electrons. The number of fused-ring (bicyclic) bond motifs is 1. The minimum atomic E-state index is -1.66. The third-order valence-corrected chi connectivity index (χ3v) is 8.94. The second kappa shape index (κ2) is 5.29. The highest BCUT2D eigenvalue weighted by Crippen LogP contribution is 2.37. The molecule has 1 aromatic carbocycles. The van der Waals surface area contributed by atoms with Gasteiger partial charge in [-0.05, 0) is 42.6 Å². The standard InChI is InChI=1S/C16H26O2Si/c1-16(2,3)19(4,5)17-12-14-11-10-13-8-6-7-9-15(13)18-14/h6-9,14H,10-12H2,1-5H3. The third kappa shape index (κ3) is 3.40. The molecule has 0 fully saturated rings. The zero-order chi connectivity index (χ0) is 14.1. The molecule has 0 N–H and O–H groups in total. The summed E-state index contributed by atoms with van der Waals surface area (Å²) in [6, 6.07) is 8.33. The molecule has 0 aliphatic carbocycles. The average molecular weight is 278 g/mol. The molecule has 19 heavy (non-hydrogen) atoms. The first-order valence-corrected chi connectivity index (χ1v) is 10.1. The highest BCUT2D eigenvalue weighted by atomic mass is 28.4. The molecule has 2 nitrogen and oxygen atoms in total. The summed E-state index contributed by atoms with van der Waals surface area (Å²) in [5, 5.41) is 0.263. The Hall–Kier alpha value is -0.803. The number of para-hydroxylation sites is 1. The lowest BCUT2D eigenvalue weighted by Crippen LogP contribution is -2.43. The summed E-state index contributed by atoms with van der Waals surface area (Å²) in [6.07, 6.45) is 2.37. The van der Waals surface area contributed by atoms with Crippen LogP contribution in [0.4, 0.5) is 0 Å². The molecular formula is C16H26O2Si. The van der Waals surface area contributed by atoms with Crippen LogP contribution >= 0.6 is 0 Å². The summed E-state index contributed by atoms with van der Waals surface area (Å²) in [7, 11) is -1.66. The lowest BCUT2D eigenvalue weighted by Gasteiger charge is -2.38. The van der Waals surface area contributed by atoms with Crippen molar-refractivity contribution < 1.29 is 9.16 Å². The molecule has 1 atom stereocenters. The first-order valence-electron chi connectivity index (χ1n) is 7.18. The van der Waals surface area contributed by atoms with Gasteiger partial charge in [-0.25, -0.2) is 0 Å². The number of hydrogen-bond donors (Lipinski definition) is 0. The molecule has 0 saturated carbocycles. The van der Waals surface area contributed by atoms with Crippen LogP contribution in [-0.4, -0.2) is 21.0 Å². The van der Waals surface area contributed by atoms with Gasteiger partial charge in [-0.15, -0.1) is 0 Å². The molecule has 0 saturated heterocycles. The van der Waals surface area contributed by atoms with Gasteiger partial charge in [0.25, 0.3) is 0 Å². The Kier molecular flexibility index (Phi) is 4.07. The average Bonchev–Trinajstić information content (AvgIpc) is 2.35. The minimum absolute atomic E-state index is 0.212. The fraction of sp³-hybridized carbons (Fsp3) is 0.625. The highest BCUT2D eigenvalue weighted by molar-refractivity contribution is 6.74. The SMILES string of the molecule is CC(C)(C)[Si](C)(C)OCC1CCc2ccccc2O1. The second-order valence-corrected chi connectivity index (χ2v) is 11.8. The minimum Gasteiger partial charge on any atom is -0.488 e. The number of hydrogen-bond acceptors (Lipinski definition) is 2. The van der Waals surface area contributed by atoms with E-state index < -0.39 is 8.32 Å². The van der Waals surface area contributed by atoms with Gasteiger partial charge in [0.15, 0.2) is 8.32 Å². The number of rotatable bonds is 3. The van der Waals surface area contributed by atoms with Crippen molar-refractivity contribution in [2.75, 3.05) is 6.61 Å². The van der Waals surface area contributed by atoms with Crippen molar-refractivity contribution in [1.82, 2.24) is 0 Å². The molecule has 0 aromatic heterocycles. The smallest absolute Gasteiger partial charge is 0.192 e. The maximum absolute atomic E-state index is 6.26. The van der Waals surface area contributed by atoms with Crippen molar-refractivity contribution in [3.63, 3.8) is 0 Å². The molecule has 1 aromatic rings. The summed E-state index contributed by atoms with van der Waals surface area (Å²) >= 11 is 0. The lowest BCUT2D eigenvalue weighted by atomic mass is 10.0. The van der Waals surface area contributed by atoms with E-state index in [-0.39, 0.29) is 11.1 Å². The van der Waals surface area contributed by atoms with Gasteiger partial charge in [0.2, 0.25) is 0 Å². The van der Waals surface area contributed by atoms with Gasteiger partial charge >= 0.3 is 0 Å². The first-order chi connectivity index (χ1) is 8.79. The Labute approximate surface area is 118 Å². The van der Waals surface area contributed by atoms with Gasteiger partial charge in [0, 0.05) is 0 Å².